The van der Waals surface area contributed by atoms with Crippen LogP contribution >= 0.6 is 0 Å². The first-order valence-electron chi connectivity index (χ1n) is 11.0. The number of pyridine rings is 1. The highest BCUT2D eigenvalue weighted by molar-refractivity contribution is 5.65. The predicted molar refractivity (Wildman–Crippen MR) is 126 cm³/mol. The van der Waals surface area contributed by atoms with Crippen LogP contribution in [0.1, 0.15) is 16.7 Å². The molecule has 0 saturated carbocycles. The fraction of sp³-hybridized carbons (Fsp3) is 0.346. The summed E-state index contributed by atoms with van der Waals surface area (Å²) in [6.45, 7) is 9.13. The minimum absolute atomic E-state index is 0.568. The van der Waals surface area contributed by atoms with Gasteiger partial charge in [0.05, 0.1) is 5.69 Å². The van der Waals surface area contributed by atoms with E-state index in [1.807, 2.05) is 18.2 Å². The maximum absolute atomic E-state index is 5.84. The third-order valence-electron chi connectivity index (χ3n) is 6.08. The molecule has 0 unspecified atom stereocenters. The summed E-state index contributed by atoms with van der Waals surface area (Å²) >= 11 is 0. The van der Waals surface area contributed by atoms with Crippen LogP contribution in [0.2, 0.25) is 0 Å². The van der Waals surface area contributed by atoms with Crippen LogP contribution in [-0.4, -0.2) is 54.1 Å². The van der Waals surface area contributed by atoms with Crippen LogP contribution < -0.4 is 5.73 Å². The van der Waals surface area contributed by atoms with Crippen molar-refractivity contribution in [2.75, 3.05) is 45.0 Å². The number of piperazine rings is 1. The number of rotatable bonds is 7. The second-order valence-electron chi connectivity index (χ2n) is 8.27. The number of aromatic nitrogens is 1. The Balaban J connectivity index is 1.24. The minimum atomic E-state index is 0.568. The molecule has 0 spiro atoms. The van der Waals surface area contributed by atoms with E-state index in [0.29, 0.717) is 5.82 Å². The number of anilines is 1. The number of aryl methyl sites for hydroxylation is 1. The lowest BCUT2D eigenvalue weighted by Gasteiger charge is -2.34. The average molecular weight is 401 g/mol. The van der Waals surface area contributed by atoms with Gasteiger partial charge in [0.25, 0.3) is 0 Å². The van der Waals surface area contributed by atoms with Gasteiger partial charge in [-0.05, 0) is 48.6 Å². The molecule has 4 heteroatoms. The molecule has 3 aromatic rings. The molecule has 4 nitrogen and oxygen atoms in total. The molecule has 1 aliphatic rings. The molecule has 0 amide bonds. The van der Waals surface area contributed by atoms with Gasteiger partial charge in [0.15, 0.2) is 0 Å². The highest BCUT2D eigenvalue weighted by atomic mass is 15.3. The van der Waals surface area contributed by atoms with Crippen molar-refractivity contribution in [2.45, 2.75) is 19.8 Å². The van der Waals surface area contributed by atoms with E-state index in [2.05, 4.69) is 70.2 Å². The largest absolute Gasteiger partial charge is 0.384 e. The van der Waals surface area contributed by atoms with Crippen molar-refractivity contribution in [3.63, 3.8) is 0 Å². The maximum atomic E-state index is 5.84. The first-order chi connectivity index (χ1) is 14.7. The van der Waals surface area contributed by atoms with E-state index in [1.165, 1.54) is 42.9 Å². The number of nitrogen functional groups attached to an aromatic ring is 1. The lowest BCUT2D eigenvalue weighted by molar-refractivity contribution is 0.134. The molecule has 1 aromatic heterocycles. The van der Waals surface area contributed by atoms with Gasteiger partial charge in [0, 0.05) is 44.8 Å². The van der Waals surface area contributed by atoms with Gasteiger partial charge in [-0.1, -0.05) is 54.6 Å². The third-order valence-corrected chi connectivity index (χ3v) is 6.08. The number of hydrogen-bond donors (Lipinski definition) is 1. The average Bonchev–Trinajstić information content (AvgIpc) is 2.78. The second kappa shape index (κ2) is 9.88. The molecule has 1 fully saturated rings. The summed E-state index contributed by atoms with van der Waals surface area (Å²) in [6, 6.07) is 23.4. The second-order valence-corrected chi connectivity index (χ2v) is 8.27. The zero-order chi connectivity index (χ0) is 20.8. The van der Waals surface area contributed by atoms with Crippen molar-refractivity contribution >= 4 is 5.82 Å². The summed E-state index contributed by atoms with van der Waals surface area (Å²) in [5.74, 6) is 0.568. The van der Waals surface area contributed by atoms with E-state index in [0.717, 1.165) is 37.2 Å². The summed E-state index contributed by atoms with van der Waals surface area (Å²) in [4.78, 5) is 9.66. The summed E-state index contributed by atoms with van der Waals surface area (Å²) in [6.07, 6.45) is 2.24. The van der Waals surface area contributed by atoms with Crippen molar-refractivity contribution < 1.29 is 0 Å². The third kappa shape index (κ3) is 5.47. The van der Waals surface area contributed by atoms with Gasteiger partial charge >= 0.3 is 0 Å². The Morgan fingerprint density at radius 1 is 0.767 bits per heavy atom. The fourth-order valence-electron chi connectivity index (χ4n) is 4.23. The van der Waals surface area contributed by atoms with Crippen LogP contribution in [-0.2, 0) is 12.8 Å². The minimum Gasteiger partial charge on any atom is -0.384 e. The monoisotopic (exact) mass is 400 g/mol. The van der Waals surface area contributed by atoms with Crippen LogP contribution in [0.25, 0.3) is 11.3 Å². The Morgan fingerprint density at radius 2 is 1.43 bits per heavy atom. The van der Waals surface area contributed by atoms with Crippen LogP contribution in [0.15, 0.2) is 66.7 Å². The van der Waals surface area contributed by atoms with Gasteiger partial charge in [0.1, 0.15) is 5.82 Å². The SMILES string of the molecule is Cc1cc(CCN2CCN(CCc3ccccc3)CC2)ccc1-c1cccc(N)n1. The Kier molecular flexibility index (Phi) is 6.77. The standard InChI is InChI=1S/C26H32N4/c1-21-20-23(10-11-24(21)25-8-5-9-26(27)28-25)13-15-30-18-16-29(17-19-30)14-12-22-6-3-2-4-7-22/h2-11,20H,12-19H2,1H3,(H2,27,28). The van der Waals surface area contributed by atoms with Crippen LogP contribution in [0.3, 0.4) is 0 Å². The fourth-order valence-corrected chi connectivity index (χ4v) is 4.23. The molecule has 1 aliphatic heterocycles. The van der Waals surface area contributed by atoms with E-state index in [1.54, 1.807) is 0 Å². The summed E-state index contributed by atoms with van der Waals surface area (Å²) in [7, 11) is 0. The quantitative estimate of drug-likeness (QED) is 0.650. The van der Waals surface area contributed by atoms with E-state index in [-0.39, 0.29) is 0 Å². The number of nitrogens with zero attached hydrogens (tertiary/aromatic N) is 3. The van der Waals surface area contributed by atoms with Crippen molar-refractivity contribution in [2.24, 2.45) is 0 Å². The summed E-state index contributed by atoms with van der Waals surface area (Å²) in [5.41, 5.74) is 12.1. The molecule has 2 heterocycles. The Labute approximate surface area is 180 Å². The number of hydrogen-bond acceptors (Lipinski definition) is 4. The summed E-state index contributed by atoms with van der Waals surface area (Å²) < 4.78 is 0. The van der Waals surface area contributed by atoms with Crippen LogP contribution in [0.5, 0.6) is 0 Å². The first-order valence-corrected chi connectivity index (χ1v) is 11.0. The smallest absolute Gasteiger partial charge is 0.124 e. The van der Waals surface area contributed by atoms with Crippen molar-refractivity contribution in [3.8, 4) is 11.3 Å². The molecule has 0 aliphatic carbocycles. The molecule has 156 valence electrons. The number of benzene rings is 2. The first kappa shape index (κ1) is 20.6. The molecule has 0 atom stereocenters. The topological polar surface area (TPSA) is 45.4 Å². The van der Waals surface area contributed by atoms with Crippen LogP contribution in [0, 0.1) is 6.92 Å². The molecule has 1 saturated heterocycles. The summed E-state index contributed by atoms with van der Waals surface area (Å²) in [5, 5.41) is 0. The molecular weight excluding hydrogens is 368 g/mol. The lowest BCUT2D eigenvalue weighted by atomic mass is 10.0. The van der Waals surface area contributed by atoms with E-state index < -0.39 is 0 Å². The maximum Gasteiger partial charge on any atom is 0.124 e. The molecule has 2 N–H and O–H groups in total. The van der Waals surface area contributed by atoms with Crippen molar-refractivity contribution in [1.82, 2.24) is 14.8 Å². The zero-order valence-electron chi connectivity index (χ0n) is 17.9. The van der Waals surface area contributed by atoms with E-state index in [4.69, 9.17) is 5.73 Å². The molecule has 2 aromatic carbocycles. The number of nitrogens with two attached hydrogens (primary N) is 1. The van der Waals surface area contributed by atoms with E-state index in [9.17, 15) is 0 Å². The van der Waals surface area contributed by atoms with Gasteiger partial charge in [-0.3, -0.25) is 0 Å². The van der Waals surface area contributed by atoms with Gasteiger partial charge in [-0.25, -0.2) is 4.98 Å². The van der Waals surface area contributed by atoms with Gasteiger partial charge in [-0.2, -0.15) is 0 Å². The molecule has 0 radical (unpaired) electrons. The highest BCUT2D eigenvalue weighted by Crippen LogP contribution is 2.23. The predicted octanol–water partition coefficient (Wildman–Crippen LogP) is 4.04. The molecular formula is C26H32N4. The van der Waals surface area contributed by atoms with Crippen LogP contribution in [0.4, 0.5) is 5.82 Å². The van der Waals surface area contributed by atoms with Crippen molar-refractivity contribution in [3.05, 3.63) is 83.4 Å². The van der Waals surface area contributed by atoms with Crippen molar-refractivity contribution in [1.29, 1.82) is 0 Å². The Bertz CT molecular complexity index is 946. The molecule has 30 heavy (non-hydrogen) atoms. The normalized spacial score (nSPS) is 15.4. The van der Waals surface area contributed by atoms with Gasteiger partial charge in [-0.15, -0.1) is 0 Å². The van der Waals surface area contributed by atoms with Gasteiger partial charge < -0.3 is 15.5 Å². The van der Waals surface area contributed by atoms with Gasteiger partial charge in [0.2, 0.25) is 0 Å². The Morgan fingerprint density at radius 3 is 2.07 bits per heavy atom. The highest BCUT2D eigenvalue weighted by Gasteiger charge is 2.16. The van der Waals surface area contributed by atoms with E-state index >= 15 is 0 Å². The molecule has 4 rings (SSSR count). The Hall–Kier alpha value is -2.69. The molecule has 0 bridgehead atoms. The lowest BCUT2D eigenvalue weighted by Crippen LogP contribution is -2.47. The zero-order valence-corrected chi connectivity index (χ0v) is 17.9.